The van der Waals surface area contributed by atoms with Crippen molar-refractivity contribution in [1.82, 2.24) is 19.2 Å². The third kappa shape index (κ3) is 4.45. The van der Waals surface area contributed by atoms with Crippen LogP contribution in [0.3, 0.4) is 0 Å². The van der Waals surface area contributed by atoms with E-state index in [2.05, 4.69) is 24.0 Å². The molecule has 0 radical (unpaired) electrons. The monoisotopic (exact) mass is 448 g/mol. The van der Waals surface area contributed by atoms with E-state index >= 15 is 0 Å². The van der Waals surface area contributed by atoms with Crippen molar-refractivity contribution >= 4 is 23.2 Å². The zero-order chi connectivity index (χ0) is 22.7. The van der Waals surface area contributed by atoms with E-state index in [1.54, 1.807) is 45.6 Å². The highest BCUT2D eigenvalue weighted by Gasteiger charge is 2.14. The van der Waals surface area contributed by atoms with Crippen LogP contribution in [0, 0.1) is 0 Å². The standard InChI is InChI=1S/C24H24N4O3S/c1-4-31-20-11-7-18(8-12-20)21(29)15-32-24-26-25-22-23(30)27(13-14-28(22)24)19-9-5-17(6-10-19)16(2)3/h5-14,16H,4,15H2,1-3H3. The van der Waals surface area contributed by atoms with Crippen LogP contribution in [0.1, 0.15) is 42.6 Å². The van der Waals surface area contributed by atoms with Crippen molar-refractivity contribution in [3.05, 3.63) is 82.4 Å². The van der Waals surface area contributed by atoms with E-state index < -0.39 is 0 Å². The molecule has 2 aromatic heterocycles. The van der Waals surface area contributed by atoms with Gasteiger partial charge in [0.1, 0.15) is 5.75 Å². The molecule has 2 heterocycles. The molecule has 4 aromatic rings. The van der Waals surface area contributed by atoms with Crippen LogP contribution in [0.5, 0.6) is 5.75 Å². The number of hydrogen-bond donors (Lipinski definition) is 0. The van der Waals surface area contributed by atoms with E-state index in [9.17, 15) is 9.59 Å². The molecule has 0 fully saturated rings. The fourth-order valence-electron chi connectivity index (χ4n) is 3.30. The van der Waals surface area contributed by atoms with Gasteiger partial charge in [0, 0.05) is 23.6 Å². The predicted molar refractivity (Wildman–Crippen MR) is 125 cm³/mol. The average Bonchev–Trinajstić information content (AvgIpc) is 3.22. The Balaban J connectivity index is 1.52. The highest BCUT2D eigenvalue weighted by molar-refractivity contribution is 7.99. The van der Waals surface area contributed by atoms with Gasteiger partial charge in [0.15, 0.2) is 10.9 Å². The number of fused-ring (bicyclic) bond motifs is 1. The highest BCUT2D eigenvalue weighted by atomic mass is 32.2. The third-order valence-corrected chi connectivity index (χ3v) is 6.04. The maximum atomic E-state index is 13.0. The van der Waals surface area contributed by atoms with E-state index in [4.69, 9.17) is 4.74 Å². The minimum atomic E-state index is -0.262. The number of thioether (sulfide) groups is 1. The Morgan fingerprint density at radius 3 is 2.41 bits per heavy atom. The molecule has 0 amide bonds. The fraction of sp³-hybridized carbons (Fsp3) is 0.250. The lowest BCUT2D eigenvalue weighted by Crippen LogP contribution is -2.20. The van der Waals surface area contributed by atoms with Crippen molar-refractivity contribution in [2.45, 2.75) is 31.8 Å². The van der Waals surface area contributed by atoms with Gasteiger partial charge in [-0.05, 0) is 54.8 Å². The molecule has 2 aromatic carbocycles. The molecule has 4 rings (SSSR count). The van der Waals surface area contributed by atoms with Gasteiger partial charge in [-0.3, -0.25) is 18.6 Å². The van der Waals surface area contributed by atoms with Crippen molar-refractivity contribution in [1.29, 1.82) is 0 Å². The minimum absolute atomic E-state index is 0.0339. The minimum Gasteiger partial charge on any atom is -0.494 e. The summed E-state index contributed by atoms with van der Waals surface area (Å²) in [4.78, 5) is 25.5. The molecule has 0 unspecified atom stereocenters. The summed E-state index contributed by atoms with van der Waals surface area (Å²) in [7, 11) is 0. The van der Waals surface area contributed by atoms with Crippen LogP contribution in [-0.4, -0.2) is 37.3 Å². The Labute approximate surface area is 190 Å². The van der Waals surface area contributed by atoms with Gasteiger partial charge in [-0.1, -0.05) is 37.7 Å². The molecule has 164 valence electrons. The van der Waals surface area contributed by atoms with Gasteiger partial charge >= 0.3 is 5.56 Å². The highest BCUT2D eigenvalue weighted by Crippen LogP contribution is 2.20. The Bertz CT molecular complexity index is 1290. The Kier molecular flexibility index (Phi) is 6.41. The molecule has 0 spiro atoms. The summed E-state index contributed by atoms with van der Waals surface area (Å²) in [5, 5.41) is 8.69. The maximum Gasteiger partial charge on any atom is 0.300 e. The van der Waals surface area contributed by atoms with Crippen LogP contribution < -0.4 is 10.3 Å². The van der Waals surface area contributed by atoms with Crippen molar-refractivity contribution in [3.63, 3.8) is 0 Å². The average molecular weight is 449 g/mol. The predicted octanol–water partition coefficient (Wildman–Crippen LogP) is 4.38. The molecular formula is C24H24N4O3S. The first-order chi connectivity index (χ1) is 15.5. The molecule has 0 atom stereocenters. The number of carbonyl (C=O) groups excluding carboxylic acids is 1. The van der Waals surface area contributed by atoms with Gasteiger partial charge in [0.25, 0.3) is 0 Å². The van der Waals surface area contributed by atoms with Crippen molar-refractivity contribution < 1.29 is 9.53 Å². The number of carbonyl (C=O) groups is 1. The molecule has 0 aliphatic carbocycles. The number of aromatic nitrogens is 4. The van der Waals surface area contributed by atoms with Gasteiger partial charge in [-0.2, -0.15) is 0 Å². The SMILES string of the molecule is CCOc1ccc(C(=O)CSc2nnc3c(=O)n(-c4ccc(C(C)C)cc4)ccn23)cc1. The van der Waals surface area contributed by atoms with Crippen LogP contribution in [0.15, 0.2) is 70.9 Å². The van der Waals surface area contributed by atoms with E-state index in [-0.39, 0.29) is 22.7 Å². The molecule has 7 nitrogen and oxygen atoms in total. The van der Waals surface area contributed by atoms with Crippen LogP contribution in [0.25, 0.3) is 11.3 Å². The summed E-state index contributed by atoms with van der Waals surface area (Å²) >= 11 is 1.25. The zero-order valence-corrected chi connectivity index (χ0v) is 19.0. The van der Waals surface area contributed by atoms with Crippen LogP contribution in [0.4, 0.5) is 0 Å². The summed E-state index contributed by atoms with van der Waals surface area (Å²) in [6.45, 7) is 6.75. The molecule has 0 aliphatic rings. The molecule has 8 heteroatoms. The lowest BCUT2D eigenvalue weighted by Gasteiger charge is -2.09. The molecule has 32 heavy (non-hydrogen) atoms. The number of ketones is 1. The first kappa shape index (κ1) is 21.8. The molecule has 0 saturated carbocycles. The number of rotatable bonds is 8. The first-order valence-electron chi connectivity index (χ1n) is 10.4. The van der Waals surface area contributed by atoms with E-state index in [1.165, 1.54) is 17.3 Å². The first-order valence-corrected chi connectivity index (χ1v) is 11.4. The van der Waals surface area contributed by atoms with E-state index in [0.717, 1.165) is 11.4 Å². The lowest BCUT2D eigenvalue weighted by molar-refractivity contribution is 0.102. The van der Waals surface area contributed by atoms with Crippen LogP contribution >= 0.6 is 11.8 Å². The lowest BCUT2D eigenvalue weighted by atomic mass is 10.0. The molecule has 0 N–H and O–H groups in total. The van der Waals surface area contributed by atoms with Crippen LogP contribution in [0.2, 0.25) is 0 Å². The van der Waals surface area contributed by atoms with Gasteiger partial charge in [0.2, 0.25) is 5.65 Å². The second-order valence-corrected chi connectivity index (χ2v) is 8.51. The molecular weight excluding hydrogens is 424 g/mol. The number of nitrogens with zero attached hydrogens (tertiary/aromatic N) is 4. The summed E-state index contributed by atoms with van der Waals surface area (Å²) in [6, 6.07) is 15.0. The summed E-state index contributed by atoms with van der Waals surface area (Å²) < 4.78 is 8.58. The summed E-state index contributed by atoms with van der Waals surface area (Å²) in [5.74, 6) is 1.31. The molecule has 0 saturated heterocycles. The smallest absolute Gasteiger partial charge is 0.300 e. The Morgan fingerprint density at radius 1 is 1.03 bits per heavy atom. The largest absolute Gasteiger partial charge is 0.494 e. The topological polar surface area (TPSA) is 78.5 Å². The normalized spacial score (nSPS) is 11.2. The number of ether oxygens (including phenoxy) is 1. The molecule has 0 aliphatic heterocycles. The van der Waals surface area contributed by atoms with Crippen molar-refractivity contribution in [2.24, 2.45) is 0 Å². The van der Waals surface area contributed by atoms with Gasteiger partial charge in [0.05, 0.1) is 12.4 Å². The van der Waals surface area contributed by atoms with E-state index in [1.807, 2.05) is 31.2 Å². The Hall–Kier alpha value is -3.39. The zero-order valence-electron chi connectivity index (χ0n) is 18.2. The number of Topliss-reactive ketones (excluding diaryl/α,β-unsaturated/α-hetero) is 1. The second kappa shape index (κ2) is 9.40. The van der Waals surface area contributed by atoms with Gasteiger partial charge < -0.3 is 4.74 Å². The number of hydrogen-bond acceptors (Lipinski definition) is 6. The quantitative estimate of drug-likeness (QED) is 0.294. The van der Waals surface area contributed by atoms with Gasteiger partial charge in [-0.15, -0.1) is 10.2 Å². The van der Waals surface area contributed by atoms with E-state index in [0.29, 0.717) is 23.2 Å². The van der Waals surface area contributed by atoms with Gasteiger partial charge in [-0.25, -0.2) is 0 Å². The van der Waals surface area contributed by atoms with Crippen molar-refractivity contribution in [3.8, 4) is 11.4 Å². The fourth-order valence-corrected chi connectivity index (χ4v) is 4.12. The third-order valence-electron chi connectivity index (χ3n) is 5.10. The van der Waals surface area contributed by atoms with Crippen LogP contribution in [-0.2, 0) is 0 Å². The van der Waals surface area contributed by atoms with Crippen molar-refractivity contribution in [2.75, 3.05) is 12.4 Å². The molecule has 0 bridgehead atoms. The number of benzene rings is 2. The maximum absolute atomic E-state index is 13.0. The second-order valence-electron chi connectivity index (χ2n) is 7.56. The summed E-state index contributed by atoms with van der Waals surface area (Å²) in [6.07, 6.45) is 3.44. The Morgan fingerprint density at radius 2 is 1.75 bits per heavy atom. The summed E-state index contributed by atoms with van der Waals surface area (Å²) in [5.41, 5.74) is 2.53.